The minimum atomic E-state index is -1.01. The van der Waals surface area contributed by atoms with E-state index in [0.717, 1.165) is 32.1 Å². The van der Waals surface area contributed by atoms with Crippen LogP contribution in [0.1, 0.15) is 85.5 Å². The summed E-state index contributed by atoms with van der Waals surface area (Å²) in [5, 5.41) is 18.2. The average Bonchev–Trinajstić information content (AvgIpc) is 3.01. The van der Waals surface area contributed by atoms with E-state index in [4.69, 9.17) is 14.6 Å². The summed E-state index contributed by atoms with van der Waals surface area (Å²) >= 11 is 0. The number of hydrogen-bond donors (Lipinski definition) is 2. The lowest BCUT2D eigenvalue weighted by atomic mass is 9.46. The summed E-state index contributed by atoms with van der Waals surface area (Å²) in [6.07, 6.45) is 7.12. The zero-order valence-electron chi connectivity index (χ0n) is 19.2. The number of ether oxygens (including phenoxy) is 2. The van der Waals surface area contributed by atoms with Gasteiger partial charge in [0.05, 0.1) is 37.1 Å². The molecule has 0 aromatic heterocycles. The number of carboxylic acid groups (broad SMARTS) is 2. The SMILES string of the molecule is CC1=CC[C@H]2[C@](C)(COC(=O)CCC(=O)O)CCC[C@]2(C)[C@@]12CC[C@](C)(CC(=O)O)O2. The van der Waals surface area contributed by atoms with Crippen LogP contribution >= 0.6 is 0 Å². The van der Waals surface area contributed by atoms with Crippen molar-refractivity contribution < 1.29 is 34.1 Å². The molecule has 1 heterocycles. The van der Waals surface area contributed by atoms with E-state index in [1.54, 1.807) is 0 Å². The lowest BCUT2D eigenvalue weighted by molar-refractivity contribution is -0.201. The summed E-state index contributed by atoms with van der Waals surface area (Å²) in [6, 6.07) is 0. The maximum Gasteiger partial charge on any atom is 0.306 e. The van der Waals surface area contributed by atoms with Crippen molar-refractivity contribution in [2.75, 3.05) is 6.61 Å². The molecular weight excluding hydrogens is 400 g/mol. The third-order valence-corrected chi connectivity index (χ3v) is 8.33. The topological polar surface area (TPSA) is 110 Å². The number of esters is 1. The molecule has 0 bridgehead atoms. The summed E-state index contributed by atoms with van der Waals surface area (Å²) in [5.74, 6) is -2.11. The normalized spacial score (nSPS) is 39.6. The van der Waals surface area contributed by atoms with Crippen LogP contribution in [0.15, 0.2) is 11.6 Å². The van der Waals surface area contributed by atoms with Crippen LogP contribution in [0.3, 0.4) is 0 Å². The fraction of sp³-hybridized carbons (Fsp3) is 0.792. The van der Waals surface area contributed by atoms with Crippen molar-refractivity contribution in [2.45, 2.75) is 96.7 Å². The molecule has 174 valence electrons. The Hall–Kier alpha value is -1.89. The van der Waals surface area contributed by atoms with Gasteiger partial charge in [0.15, 0.2) is 0 Å². The molecule has 7 nitrogen and oxygen atoms in total. The Bertz CT molecular complexity index is 789. The molecule has 0 unspecified atom stereocenters. The number of fused-ring (bicyclic) bond motifs is 2. The van der Waals surface area contributed by atoms with Gasteiger partial charge in [0, 0.05) is 10.8 Å². The van der Waals surface area contributed by atoms with Crippen LogP contribution in [0.5, 0.6) is 0 Å². The van der Waals surface area contributed by atoms with E-state index in [9.17, 15) is 19.5 Å². The van der Waals surface area contributed by atoms with Crippen molar-refractivity contribution in [3.8, 4) is 0 Å². The largest absolute Gasteiger partial charge is 0.481 e. The van der Waals surface area contributed by atoms with Crippen molar-refractivity contribution in [2.24, 2.45) is 16.7 Å². The zero-order chi connectivity index (χ0) is 23.1. The molecular formula is C24H36O7. The second-order valence-electron chi connectivity index (χ2n) is 10.6. The van der Waals surface area contributed by atoms with Gasteiger partial charge in [-0.2, -0.15) is 0 Å². The molecule has 1 saturated heterocycles. The maximum absolute atomic E-state index is 12.1. The molecule has 2 N–H and O–H groups in total. The first-order chi connectivity index (χ1) is 14.4. The standard InChI is InChI=1S/C24H36O7/c1-16-6-7-17-21(2,15-30-20(29)9-8-18(25)26)10-5-11-23(17,4)24(16)13-12-22(3,31-24)14-19(27)28/h6,17H,5,7-15H2,1-4H3,(H,25,26)(H,27,28)/t17-,21-,22+,23-,24+/m0/s1. The molecule has 7 heteroatoms. The van der Waals surface area contributed by atoms with Gasteiger partial charge in [0.25, 0.3) is 0 Å². The first-order valence-electron chi connectivity index (χ1n) is 11.3. The average molecular weight is 437 g/mol. The van der Waals surface area contributed by atoms with E-state index in [-0.39, 0.29) is 42.6 Å². The molecule has 31 heavy (non-hydrogen) atoms. The Morgan fingerprint density at radius 2 is 1.77 bits per heavy atom. The van der Waals surface area contributed by atoms with Crippen LogP contribution in [-0.2, 0) is 23.9 Å². The van der Waals surface area contributed by atoms with Crippen molar-refractivity contribution in [3.63, 3.8) is 0 Å². The molecule has 0 amide bonds. The molecule has 5 atom stereocenters. The monoisotopic (exact) mass is 436 g/mol. The van der Waals surface area contributed by atoms with Crippen molar-refractivity contribution in [3.05, 3.63) is 11.6 Å². The molecule has 1 aliphatic heterocycles. The molecule has 1 saturated carbocycles. The Balaban J connectivity index is 1.84. The van der Waals surface area contributed by atoms with Gasteiger partial charge in [-0.25, -0.2) is 0 Å². The number of hydrogen-bond acceptors (Lipinski definition) is 5. The van der Waals surface area contributed by atoms with E-state index in [1.807, 2.05) is 6.92 Å². The fourth-order valence-corrected chi connectivity index (χ4v) is 6.70. The molecule has 0 radical (unpaired) electrons. The summed E-state index contributed by atoms with van der Waals surface area (Å²) < 4.78 is 12.3. The zero-order valence-corrected chi connectivity index (χ0v) is 19.2. The van der Waals surface area contributed by atoms with Gasteiger partial charge in [-0.1, -0.05) is 26.3 Å². The summed E-state index contributed by atoms with van der Waals surface area (Å²) in [7, 11) is 0. The molecule has 2 aliphatic carbocycles. The predicted molar refractivity (Wildman–Crippen MR) is 113 cm³/mol. The minimum Gasteiger partial charge on any atom is -0.481 e. The second kappa shape index (κ2) is 8.23. The highest BCUT2D eigenvalue weighted by molar-refractivity contribution is 5.76. The van der Waals surface area contributed by atoms with Gasteiger partial charge in [-0.05, 0) is 57.4 Å². The molecule has 3 rings (SSSR count). The Labute approximate surface area is 184 Å². The van der Waals surface area contributed by atoms with E-state index in [2.05, 4.69) is 26.8 Å². The molecule has 1 spiro atoms. The molecule has 0 aromatic rings. The highest BCUT2D eigenvalue weighted by Crippen LogP contribution is 2.66. The Morgan fingerprint density at radius 1 is 1.06 bits per heavy atom. The van der Waals surface area contributed by atoms with Crippen molar-refractivity contribution in [1.29, 1.82) is 0 Å². The van der Waals surface area contributed by atoms with Crippen LogP contribution in [0.25, 0.3) is 0 Å². The summed E-state index contributed by atoms with van der Waals surface area (Å²) in [4.78, 5) is 34.3. The number of carbonyl (C=O) groups excluding carboxylic acids is 1. The maximum atomic E-state index is 12.1. The van der Waals surface area contributed by atoms with Crippen LogP contribution < -0.4 is 0 Å². The number of rotatable bonds is 7. The number of aliphatic carboxylic acids is 2. The van der Waals surface area contributed by atoms with Crippen molar-refractivity contribution in [1.82, 2.24) is 0 Å². The van der Waals surface area contributed by atoms with Crippen LogP contribution in [-0.4, -0.2) is 45.9 Å². The van der Waals surface area contributed by atoms with E-state index in [0.29, 0.717) is 6.42 Å². The highest BCUT2D eigenvalue weighted by atomic mass is 16.5. The smallest absolute Gasteiger partial charge is 0.306 e. The van der Waals surface area contributed by atoms with E-state index < -0.39 is 29.1 Å². The van der Waals surface area contributed by atoms with Crippen LogP contribution in [0.2, 0.25) is 0 Å². The molecule has 0 aromatic carbocycles. The summed E-state index contributed by atoms with van der Waals surface area (Å²) in [6.45, 7) is 8.70. The Kier molecular flexibility index (Phi) is 6.31. The third-order valence-electron chi connectivity index (χ3n) is 8.33. The number of carboxylic acids is 2. The van der Waals surface area contributed by atoms with Gasteiger partial charge in [-0.3, -0.25) is 14.4 Å². The number of carbonyl (C=O) groups is 3. The fourth-order valence-electron chi connectivity index (χ4n) is 6.70. The first kappa shape index (κ1) is 23.8. The van der Waals surface area contributed by atoms with E-state index >= 15 is 0 Å². The van der Waals surface area contributed by atoms with Crippen molar-refractivity contribution >= 4 is 17.9 Å². The molecule has 3 aliphatic rings. The van der Waals surface area contributed by atoms with Gasteiger partial charge in [0.2, 0.25) is 0 Å². The van der Waals surface area contributed by atoms with Gasteiger partial charge >= 0.3 is 17.9 Å². The second-order valence-corrected chi connectivity index (χ2v) is 10.6. The Morgan fingerprint density at radius 3 is 2.42 bits per heavy atom. The van der Waals surface area contributed by atoms with Crippen LogP contribution in [0.4, 0.5) is 0 Å². The minimum absolute atomic E-state index is 0.0127. The van der Waals surface area contributed by atoms with E-state index in [1.165, 1.54) is 5.57 Å². The van der Waals surface area contributed by atoms with Gasteiger partial charge < -0.3 is 19.7 Å². The lowest BCUT2D eigenvalue weighted by Crippen LogP contribution is -2.60. The summed E-state index contributed by atoms with van der Waals surface area (Å²) in [5.41, 5.74) is -0.450. The lowest BCUT2D eigenvalue weighted by Gasteiger charge is -2.61. The highest BCUT2D eigenvalue weighted by Gasteiger charge is 2.65. The predicted octanol–water partition coefficient (Wildman–Crippen LogP) is 4.34. The van der Waals surface area contributed by atoms with Gasteiger partial charge in [-0.15, -0.1) is 0 Å². The third kappa shape index (κ3) is 4.26. The molecule has 2 fully saturated rings. The van der Waals surface area contributed by atoms with Gasteiger partial charge in [0.1, 0.15) is 0 Å². The van der Waals surface area contributed by atoms with Crippen LogP contribution in [0, 0.1) is 16.7 Å². The number of allylic oxidation sites excluding steroid dienone is 1. The quantitative estimate of drug-likeness (QED) is 0.451. The first-order valence-corrected chi connectivity index (χ1v) is 11.3.